The molecule has 0 saturated carbocycles. The van der Waals surface area contributed by atoms with Crippen molar-refractivity contribution in [2.75, 3.05) is 6.54 Å². The largest absolute Gasteiger partial charge is 0.355 e. The van der Waals surface area contributed by atoms with E-state index in [-0.39, 0.29) is 11.8 Å². The molecule has 0 bridgehead atoms. The molecule has 6 heteroatoms. The molecule has 0 radical (unpaired) electrons. The Kier molecular flexibility index (Phi) is 2.18. The van der Waals surface area contributed by atoms with Gasteiger partial charge < -0.3 is 5.32 Å². The second kappa shape index (κ2) is 3.36. The number of halogens is 2. The second-order valence-corrected chi connectivity index (χ2v) is 3.24. The standard InChI is InChI=1S/C8H9F2N3O/c9-8(10)13-4-6(3-12-13)5-1-7(14)11-2-5/h3-5,8H,1-2H2,(H,11,14). The van der Waals surface area contributed by atoms with E-state index >= 15 is 0 Å². The van der Waals surface area contributed by atoms with Gasteiger partial charge in [0, 0.05) is 25.1 Å². The quantitative estimate of drug-likeness (QED) is 0.772. The van der Waals surface area contributed by atoms with Crippen LogP contribution < -0.4 is 5.32 Å². The first-order valence-corrected chi connectivity index (χ1v) is 4.25. The Balaban J connectivity index is 2.13. The molecular weight excluding hydrogens is 192 g/mol. The smallest absolute Gasteiger partial charge is 0.333 e. The normalized spacial score (nSPS) is 21.6. The van der Waals surface area contributed by atoms with Crippen LogP contribution in [0.4, 0.5) is 8.78 Å². The molecule has 0 spiro atoms. The first kappa shape index (κ1) is 9.11. The highest BCUT2D eigenvalue weighted by molar-refractivity contribution is 5.79. The molecule has 1 atom stereocenters. The average molecular weight is 201 g/mol. The Morgan fingerprint density at radius 1 is 1.64 bits per heavy atom. The van der Waals surface area contributed by atoms with Gasteiger partial charge in [0.2, 0.25) is 5.91 Å². The van der Waals surface area contributed by atoms with Crippen molar-refractivity contribution in [3.8, 4) is 0 Å². The molecule has 1 unspecified atom stereocenters. The lowest BCUT2D eigenvalue weighted by Gasteiger charge is -2.01. The van der Waals surface area contributed by atoms with E-state index in [1.165, 1.54) is 12.4 Å². The number of rotatable bonds is 2. The molecule has 2 rings (SSSR count). The molecule has 2 heterocycles. The van der Waals surface area contributed by atoms with Crippen molar-refractivity contribution in [2.45, 2.75) is 18.9 Å². The second-order valence-electron chi connectivity index (χ2n) is 3.24. The van der Waals surface area contributed by atoms with Crippen LogP contribution in [0.1, 0.15) is 24.5 Å². The Bertz CT molecular complexity index is 350. The lowest BCUT2D eigenvalue weighted by molar-refractivity contribution is -0.119. The van der Waals surface area contributed by atoms with Crippen molar-refractivity contribution in [1.82, 2.24) is 15.1 Å². The number of hydrogen-bond donors (Lipinski definition) is 1. The predicted octanol–water partition coefficient (Wildman–Crippen LogP) is 0.882. The number of aromatic nitrogens is 2. The topological polar surface area (TPSA) is 46.9 Å². The highest BCUT2D eigenvalue weighted by atomic mass is 19.3. The first-order chi connectivity index (χ1) is 6.66. The molecule has 1 aromatic heterocycles. The summed E-state index contributed by atoms with van der Waals surface area (Å²) in [6, 6.07) is 0. The third-order valence-electron chi connectivity index (χ3n) is 2.27. The Morgan fingerprint density at radius 2 is 2.43 bits per heavy atom. The molecule has 1 aliphatic heterocycles. The molecule has 14 heavy (non-hydrogen) atoms. The van der Waals surface area contributed by atoms with E-state index in [1.807, 2.05) is 0 Å². The molecule has 1 aromatic rings. The molecule has 0 aliphatic carbocycles. The molecular formula is C8H9F2N3O. The Morgan fingerprint density at radius 3 is 2.93 bits per heavy atom. The van der Waals surface area contributed by atoms with E-state index in [2.05, 4.69) is 10.4 Å². The lowest BCUT2D eigenvalue weighted by atomic mass is 10.0. The van der Waals surface area contributed by atoms with Crippen molar-refractivity contribution in [1.29, 1.82) is 0 Å². The van der Waals surface area contributed by atoms with Gasteiger partial charge in [0.15, 0.2) is 0 Å². The van der Waals surface area contributed by atoms with Gasteiger partial charge in [0.25, 0.3) is 0 Å². The van der Waals surface area contributed by atoms with Crippen LogP contribution in [0.5, 0.6) is 0 Å². The van der Waals surface area contributed by atoms with Crippen LogP contribution in [-0.2, 0) is 4.79 Å². The number of hydrogen-bond acceptors (Lipinski definition) is 2. The predicted molar refractivity (Wildman–Crippen MR) is 43.8 cm³/mol. The van der Waals surface area contributed by atoms with Gasteiger partial charge in [-0.25, -0.2) is 4.68 Å². The van der Waals surface area contributed by atoms with Gasteiger partial charge in [-0.2, -0.15) is 13.9 Å². The van der Waals surface area contributed by atoms with Crippen LogP contribution in [-0.4, -0.2) is 22.2 Å². The SMILES string of the molecule is O=C1CC(c2cnn(C(F)F)c2)CN1. The summed E-state index contributed by atoms with van der Waals surface area (Å²) < 4.78 is 24.9. The molecule has 1 fully saturated rings. The van der Waals surface area contributed by atoms with E-state index in [1.54, 1.807) is 0 Å². The minimum absolute atomic E-state index is 0.0185. The summed E-state index contributed by atoms with van der Waals surface area (Å²) in [5.41, 5.74) is 0.684. The fourth-order valence-electron chi connectivity index (χ4n) is 1.51. The minimum atomic E-state index is -2.62. The number of alkyl halides is 2. The van der Waals surface area contributed by atoms with E-state index < -0.39 is 6.55 Å². The molecule has 1 aliphatic rings. The Labute approximate surface area is 78.9 Å². The maximum Gasteiger partial charge on any atom is 0.333 e. The van der Waals surface area contributed by atoms with E-state index in [0.29, 0.717) is 23.2 Å². The van der Waals surface area contributed by atoms with Crippen LogP contribution in [0, 0.1) is 0 Å². The minimum Gasteiger partial charge on any atom is -0.355 e. The third kappa shape index (κ3) is 1.59. The maximum atomic E-state index is 12.2. The van der Waals surface area contributed by atoms with Crippen molar-refractivity contribution < 1.29 is 13.6 Å². The van der Waals surface area contributed by atoms with Crippen LogP contribution in [0.3, 0.4) is 0 Å². The zero-order valence-corrected chi connectivity index (χ0v) is 7.28. The van der Waals surface area contributed by atoms with Crippen molar-refractivity contribution in [3.63, 3.8) is 0 Å². The summed E-state index contributed by atoms with van der Waals surface area (Å²) in [5, 5.41) is 6.16. The van der Waals surface area contributed by atoms with Crippen molar-refractivity contribution in [2.24, 2.45) is 0 Å². The number of carbonyl (C=O) groups excluding carboxylic acids is 1. The fraction of sp³-hybridized carbons (Fsp3) is 0.500. The molecule has 0 aromatic carbocycles. The third-order valence-corrected chi connectivity index (χ3v) is 2.27. The van der Waals surface area contributed by atoms with Gasteiger partial charge in [0.05, 0.1) is 6.20 Å². The Hall–Kier alpha value is -1.46. The molecule has 1 amide bonds. The zero-order valence-electron chi connectivity index (χ0n) is 7.28. The summed E-state index contributed by atoms with van der Waals surface area (Å²) in [5.74, 6) is -0.0604. The molecule has 1 N–H and O–H groups in total. The monoisotopic (exact) mass is 201 g/mol. The zero-order chi connectivity index (χ0) is 10.1. The van der Waals surface area contributed by atoms with E-state index in [0.717, 1.165) is 0 Å². The van der Waals surface area contributed by atoms with Crippen LogP contribution in [0.2, 0.25) is 0 Å². The number of nitrogens with one attached hydrogen (secondary N) is 1. The van der Waals surface area contributed by atoms with Gasteiger partial charge in [-0.15, -0.1) is 0 Å². The van der Waals surface area contributed by atoms with Crippen LogP contribution in [0.15, 0.2) is 12.4 Å². The molecule has 4 nitrogen and oxygen atoms in total. The number of nitrogens with zero attached hydrogens (tertiary/aromatic N) is 2. The van der Waals surface area contributed by atoms with Gasteiger partial charge >= 0.3 is 6.55 Å². The number of carbonyl (C=O) groups is 1. The van der Waals surface area contributed by atoms with Crippen LogP contribution >= 0.6 is 0 Å². The van der Waals surface area contributed by atoms with Crippen LogP contribution in [0.25, 0.3) is 0 Å². The highest BCUT2D eigenvalue weighted by Gasteiger charge is 2.24. The molecule has 1 saturated heterocycles. The van der Waals surface area contributed by atoms with E-state index in [4.69, 9.17) is 0 Å². The van der Waals surface area contributed by atoms with Crippen molar-refractivity contribution in [3.05, 3.63) is 18.0 Å². The summed E-state index contributed by atoms with van der Waals surface area (Å²) in [4.78, 5) is 10.9. The van der Waals surface area contributed by atoms with Gasteiger partial charge in [-0.3, -0.25) is 4.79 Å². The maximum absolute atomic E-state index is 12.2. The summed E-state index contributed by atoms with van der Waals surface area (Å²) in [6.45, 7) is -2.11. The lowest BCUT2D eigenvalue weighted by Crippen LogP contribution is -2.13. The molecule has 76 valence electrons. The highest BCUT2D eigenvalue weighted by Crippen LogP contribution is 2.23. The summed E-state index contributed by atoms with van der Waals surface area (Å²) in [7, 11) is 0. The summed E-state index contributed by atoms with van der Waals surface area (Å²) in [6.07, 6.45) is 3.03. The summed E-state index contributed by atoms with van der Waals surface area (Å²) >= 11 is 0. The number of amides is 1. The van der Waals surface area contributed by atoms with Gasteiger partial charge in [0.1, 0.15) is 0 Å². The van der Waals surface area contributed by atoms with Crippen molar-refractivity contribution >= 4 is 5.91 Å². The first-order valence-electron chi connectivity index (χ1n) is 4.25. The average Bonchev–Trinajstić information content (AvgIpc) is 2.70. The van der Waals surface area contributed by atoms with Gasteiger partial charge in [-0.1, -0.05) is 0 Å². The fourth-order valence-corrected chi connectivity index (χ4v) is 1.51. The van der Waals surface area contributed by atoms with Gasteiger partial charge in [-0.05, 0) is 5.56 Å². The van der Waals surface area contributed by atoms with E-state index in [9.17, 15) is 13.6 Å².